The number of carbonyl (C=O) groups is 1. The number of hydrogen-bond acceptors (Lipinski definition) is 11. The number of ether oxygens (including phenoxy) is 7. The van der Waals surface area contributed by atoms with Crippen molar-refractivity contribution in [1.82, 2.24) is 9.55 Å². The molecule has 0 bridgehead atoms. The van der Waals surface area contributed by atoms with Gasteiger partial charge in [0.1, 0.15) is 37.2 Å². The molecule has 0 aromatic carbocycles. The van der Waals surface area contributed by atoms with Crippen LogP contribution in [0.2, 0.25) is 0 Å². The molecule has 13 nitrogen and oxygen atoms in total. The summed E-state index contributed by atoms with van der Waals surface area (Å²) >= 11 is 0. The molecule has 3 saturated heterocycles. The fraction of sp³-hybridized carbons (Fsp3) is 0.882. The molecule has 3 aliphatic rings. The highest BCUT2D eigenvalue weighted by Crippen LogP contribution is 2.44. The van der Waals surface area contributed by atoms with E-state index in [2.05, 4.69) is 11.9 Å². The minimum atomic E-state index is -0.839. The van der Waals surface area contributed by atoms with Crippen molar-refractivity contribution in [3.63, 3.8) is 0 Å². The summed E-state index contributed by atoms with van der Waals surface area (Å²) in [5.41, 5.74) is 0. The zero-order valence-electron chi connectivity index (χ0n) is 29.1. The van der Waals surface area contributed by atoms with Gasteiger partial charge in [-0.1, -0.05) is 84.0 Å². The molecule has 13 heteroatoms. The van der Waals surface area contributed by atoms with Gasteiger partial charge in [-0.05, 0) is 39.0 Å². The number of aromatic nitrogens is 2. The SMILES string of the molecule is CCCCCCCCCCCCCCCC(=O)OC(COC[C@H]1O[C@@H]2OC(C)(C)O[C@@H]2[C@H]2OC(C)(C)O[C@H]21)Cn1cncc1[N+](=O)[O-]. The number of imidazole rings is 1. The monoisotopic (exact) mass is 667 g/mol. The molecular weight excluding hydrogens is 610 g/mol. The Labute approximate surface area is 279 Å². The molecule has 268 valence electrons. The highest BCUT2D eigenvalue weighted by Gasteiger charge is 2.60. The maximum atomic E-state index is 12.8. The van der Waals surface area contributed by atoms with E-state index in [9.17, 15) is 14.9 Å². The first-order valence-electron chi connectivity index (χ1n) is 17.8. The average Bonchev–Trinajstić information content (AvgIpc) is 3.69. The number of unbranched alkanes of at least 4 members (excludes halogenated alkanes) is 12. The van der Waals surface area contributed by atoms with Crippen molar-refractivity contribution >= 4 is 11.8 Å². The van der Waals surface area contributed by atoms with Crippen molar-refractivity contribution in [2.24, 2.45) is 0 Å². The molecule has 0 spiro atoms. The largest absolute Gasteiger partial charge is 0.456 e. The number of carbonyl (C=O) groups excluding carboxylic acids is 1. The molecule has 4 rings (SSSR count). The topological polar surface area (TPSA) is 143 Å². The molecule has 1 unspecified atom stereocenters. The first kappa shape index (κ1) is 37.7. The van der Waals surface area contributed by atoms with Gasteiger partial charge in [-0.3, -0.25) is 4.79 Å². The molecule has 3 aliphatic heterocycles. The van der Waals surface area contributed by atoms with Crippen LogP contribution in [0.5, 0.6) is 0 Å². The number of nitrogens with zero attached hydrogens (tertiary/aromatic N) is 3. The second-order valence-corrected chi connectivity index (χ2v) is 14.0. The molecule has 6 atom stereocenters. The van der Waals surface area contributed by atoms with Crippen molar-refractivity contribution < 1.29 is 42.9 Å². The zero-order chi connectivity index (χ0) is 33.9. The molecule has 1 aromatic rings. The Bertz CT molecular complexity index is 1110. The minimum absolute atomic E-state index is 0.00186. The van der Waals surface area contributed by atoms with Crippen LogP contribution in [0, 0.1) is 10.1 Å². The van der Waals surface area contributed by atoms with Gasteiger partial charge in [-0.25, -0.2) is 9.55 Å². The number of nitro groups is 1. The Hall–Kier alpha value is -2.16. The van der Waals surface area contributed by atoms with Gasteiger partial charge in [0.2, 0.25) is 0 Å². The second-order valence-electron chi connectivity index (χ2n) is 14.0. The second kappa shape index (κ2) is 18.0. The Balaban J connectivity index is 1.21. The minimum Gasteiger partial charge on any atom is -0.456 e. The Morgan fingerprint density at radius 2 is 1.47 bits per heavy atom. The van der Waals surface area contributed by atoms with Crippen LogP contribution in [0.4, 0.5) is 5.82 Å². The molecule has 4 heterocycles. The van der Waals surface area contributed by atoms with E-state index in [4.69, 9.17) is 33.2 Å². The van der Waals surface area contributed by atoms with E-state index in [1.165, 1.54) is 81.3 Å². The molecule has 0 radical (unpaired) electrons. The van der Waals surface area contributed by atoms with Crippen molar-refractivity contribution in [2.75, 3.05) is 13.2 Å². The summed E-state index contributed by atoms with van der Waals surface area (Å²) in [4.78, 5) is 27.7. The maximum absolute atomic E-state index is 12.8. The van der Waals surface area contributed by atoms with E-state index < -0.39 is 53.3 Å². The smallest absolute Gasteiger partial charge is 0.342 e. The lowest BCUT2D eigenvalue weighted by Gasteiger charge is -2.37. The van der Waals surface area contributed by atoms with Gasteiger partial charge in [0, 0.05) is 6.42 Å². The lowest BCUT2D eigenvalue weighted by Crippen LogP contribution is -2.56. The van der Waals surface area contributed by atoms with Crippen LogP contribution < -0.4 is 0 Å². The third kappa shape index (κ3) is 11.7. The zero-order valence-corrected chi connectivity index (χ0v) is 29.1. The van der Waals surface area contributed by atoms with E-state index in [0.29, 0.717) is 0 Å². The van der Waals surface area contributed by atoms with Crippen molar-refractivity contribution in [3.8, 4) is 0 Å². The van der Waals surface area contributed by atoms with Gasteiger partial charge >= 0.3 is 11.8 Å². The molecule has 0 amide bonds. The van der Waals surface area contributed by atoms with Crippen LogP contribution in [-0.2, 0) is 44.5 Å². The van der Waals surface area contributed by atoms with Crippen molar-refractivity contribution in [2.45, 2.75) is 179 Å². The van der Waals surface area contributed by atoms with Gasteiger partial charge in [-0.2, -0.15) is 0 Å². The Morgan fingerprint density at radius 3 is 2.11 bits per heavy atom. The molecule has 0 saturated carbocycles. The number of hydrogen-bond donors (Lipinski definition) is 0. The third-order valence-electron chi connectivity index (χ3n) is 8.90. The van der Waals surface area contributed by atoms with Crippen molar-refractivity contribution in [1.29, 1.82) is 0 Å². The first-order chi connectivity index (χ1) is 22.5. The Morgan fingerprint density at radius 1 is 0.894 bits per heavy atom. The molecular formula is C34H57N3O10. The average molecular weight is 668 g/mol. The summed E-state index contributed by atoms with van der Waals surface area (Å²) in [6.07, 6.45) is 15.4. The van der Waals surface area contributed by atoms with Gasteiger partial charge < -0.3 is 43.3 Å². The summed E-state index contributed by atoms with van der Waals surface area (Å²) in [5.74, 6) is -2.22. The molecule has 0 N–H and O–H groups in total. The van der Waals surface area contributed by atoms with E-state index in [1.54, 1.807) is 0 Å². The van der Waals surface area contributed by atoms with Crippen LogP contribution in [0.1, 0.15) is 125 Å². The van der Waals surface area contributed by atoms with Crippen LogP contribution in [0.15, 0.2) is 12.5 Å². The number of fused-ring (bicyclic) bond motifs is 3. The highest BCUT2D eigenvalue weighted by molar-refractivity contribution is 5.69. The fourth-order valence-corrected chi connectivity index (χ4v) is 6.63. The summed E-state index contributed by atoms with van der Waals surface area (Å²) in [6, 6.07) is 0. The maximum Gasteiger partial charge on any atom is 0.342 e. The number of rotatable bonds is 22. The normalized spacial score (nSPS) is 26.5. The van der Waals surface area contributed by atoms with Crippen LogP contribution in [0.25, 0.3) is 0 Å². The van der Waals surface area contributed by atoms with Crippen LogP contribution >= 0.6 is 0 Å². The summed E-state index contributed by atoms with van der Waals surface area (Å²) in [5, 5.41) is 11.5. The summed E-state index contributed by atoms with van der Waals surface area (Å²) in [7, 11) is 0. The van der Waals surface area contributed by atoms with E-state index in [-0.39, 0.29) is 38.0 Å². The third-order valence-corrected chi connectivity index (χ3v) is 8.90. The van der Waals surface area contributed by atoms with Gasteiger partial charge in [-0.15, -0.1) is 0 Å². The quantitative estimate of drug-likeness (QED) is 0.0571. The van der Waals surface area contributed by atoms with Gasteiger partial charge in [0.25, 0.3) is 0 Å². The van der Waals surface area contributed by atoms with Gasteiger partial charge in [0.15, 0.2) is 30.3 Å². The van der Waals surface area contributed by atoms with E-state index in [0.717, 1.165) is 19.3 Å². The summed E-state index contributed by atoms with van der Waals surface area (Å²) < 4.78 is 43.8. The predicted molar refractivity (Wildman–Crippen MR) is 172 cm³/mol. The first-order valence-corrected chi connectivity index (χ1v) is 17.8. The molecule has 0 aliphatic carbocycles. The lowest BCUT2D eigenvalue weighted by atomic mass is 9.99. The predicted octanol–water partition coefficient (Wildman–Crippen LogP) is 6.60. The summed E-state index contributed by atoms with van der Waals surface area (Å²) in [6.45, 7) is 9.70. The highest BCUT2D eigenvalue weighted by atomic mass is 16.9. The fourth-order valence-electron chi connectivity index (χ4n) is 6.63. The van der Waals surface area contributed by atoms with E-state index >= 15 is 0 Å². The molecule has 3 fully saturated rings. The standard InChI is InChI=1S/C34H57N3O10/c1-6-7-8-9-10-11-12-13-14-15-16-17-18-19-28(38)42-25(21-36-24-35-20-27(36)37(39)40)22-41-23-26-29-30(45-33(2,3)44-29)31-32(43-26)47-34(4,5)46-31/h20,24-26,29-32H,6-19,21-23H2,1-5H3/t25?,26-,29+,30+,31-,32-/m1/s1. The van der Waals surface area contributed by atoms with E-state index in [1.807, 2.05) is 27.7 Å². The molecule has 1 aromatic heterocycles. The number of esters is 1. The Kier molecular flexibility index (Phi) is 14.4. The van der Waals surface area contributed by atoms with Crippen molar-refractivity contribution in [3.05, 3.63) is 22.6 Å². The lowest BCUT2D eigenvalue weighted by molar-refractivity contribution is -0.392. The van der Waals surface area contributed by atoms with Crippen LogP contribution in [0.3, 0.4) is 0 Å². The van der Waals surface area contributed by atoms with Gasteiger partial charge in [0.05, 0.1) is 13.2 Å². The molecule has 47 heavy (non-hydrogen) atoms. The van der Waals surface area contributed by atoms with Crippen LogP contribution in [-0.4, -0.2) is 82.0 Å².